The summed E-state index contributed by atoms with van der Waals surface area (Å²) in [4.78, 5) is 28.0. The van der Waals surface area contributed by atoms with E-state index in [0.717, 1.165) is 12.8 Å². The van der Waals surface area contributed by atoms with Gasteiger partial charge in [-0.15, -0.1) is 10.2 Å². The smallest absolute Gasteiger partial charge is 0.453 e. The normalized spacial score (nSPS) is 12.9. The Bertz CT molecular complexity index is 1020. The lowest BCUT2D eigenvalue weighted by Gasteiger charge is -2.16. The zero-order chi connectivity index (χ0) is 25.8. The first-order chi connectivity index (χ1) is 16.7. The molecule has 0 bridgehead atoms. The van der Waals surface area contributed by atoms with Gasteiger partial charge in [0.05, 0.1) is 12.1 Å². The minimum atomic E-state index is -0.922. The van der Waals surface area contributed by atoms with Crippen molar-refractivity contribution in [2.45, 2.75) is 58.5 Å². The van der Waals surface area contributed by atoms with Crippen LogP contribution in [0.25, 0.3) is 0 Å². The van der Waals surface area contributed by atoms with Crippen molar-refractivity contribution in [3.05, 3.63) is 36.4 Å². The van der Waals surface area contributed by atoms with Gasteiger partial charge in [0.25, 0.3) is 0 Å². The number of unbranched alkanes of at least 4 members (excludes halogenated alkanes) is 1. The van der Waals surface area contributed by atoms with E-state index in [1.165, 1.54) is 0 Å². The number of benzene rings is 1. The van der Waals surface area contributed by atoms with Crippen LogP contribution in [0, 0.1) is 0 Å². The molecule has 190 valence electrons. The summed E-state index contributed by atoms with van der Waals surface area (Å²) >= 11 is 0. The van der Waals surface area contributed by atoms with E-state index in [4.69, 9.17) is 31.4 Å². The molecule has 0 fully saturated rings. The van der Waals surface area contributed by atoms with Gasteiger partial charge in [-0.25, -0.2) is 9.78 Å². The molecular weight excluding hydrogens is 454 g/mol. The Kier molecular flexibility index (Phi) is 10.8. The fraction of sp³-hybridized carbons (Fsp3) is 0.435. The van der Waals surface area contributed by atoms with Gasteiger partial charge >= 0.3 is 6.16 Å². The number of pyridine rings is 1. The maximum atomic E-state index is 12.2. The molecule has 1 aromatic carbocycles. The number of carbonyl (C=O) groups is 2. The molecule has 7 N–H and O–H groups in total. The Labute approximate surface area is 204 Å². The van der Waals surface area contributed by atoms with Crippen molar-refractivity contribution >= 4 is 35.1 Å². The monoisotopic (exact) mass is 487 g/mol. The van der Waals surface area contributed by atoms with E-state index in [1.54, 1.807) is 57.2 Å². The topological polar surface area (TPSA) is 190 Å². The summed E-state index contributed by atoms with van der Waals surface area (Å²) in [6, 6.07) is 9.26. The number of nitrogen functional groups attached to an aromatic ring is 1. The van der Waals surface area contributed by atoms with Crippen molar-refractivity contribution in [3.63, 3.8) is 0 Å². The molecule has 2 aromatic rings. The van der Waals surface area contributed by atoms with Crippen molar-refractivity contribution < 1.29 is 23.8 Å². The molecule has 0 aliphatic heterocycles. The zero-order valence-electron chi connectivity index (χ0n) is 20.1. The molecular formula is C23H33N7O5. The van der Waals surface area contributed by atoms with Crippen LogP contribution in [-0.4, -0.2) is 42.0 Å². The molecule has 12 nitrogen and oxygen atoms in total. The molecule has 0 saturated heterocycles. The van der Waals surface area contributed by atoms with E-state index >= 15 is 0 Å². The number of para-hydroxylation sites is 1. The summed E-state index contributed by atoms with van der Waals surface area (Å²) in [7, 11) is 0. The first kappa shape index (κ1) is 27.5. The number of hydrogen-bond acceptors (Lipinski definition) is 11. The van der Waals surface area contributed by atoms with Gasteiger partial charge in [0.1, 0.15) is 17.2 Å². The second kappa shape index (κ2) is 13.8. The second-order valence-electron chi connectivity index (χ2n) is 7.87. The number of amides is 1. The Morgan fingerprint density at radius 3 is 2.43 bits per heavy atom. The molecule has 12 heteroatoms. The summed E-state index contributed by atoms with van der Waals surface area (Å²) in [6.07, 6.45) is 0.0135. The summed E-state index contributed by atoms with van der Waals surface area (Å²) in [5, 5.41) is 10.9. The number of aromatic nitrogens is 1. The summed E-state index contributed by atoms with van der Waals surface area (Å²) in [6.45, 7) is 5.53. The number of azo groups is 1. The first-order valence-corrected chi connectivity index (χ1v) is 11.3. The highest BCUT2D eigenvalue weighted by atomic mass is 16.8. The van der Waals surface area contributed by atoms with E-state index < -0.39 is 18.5 Å². The van der Waals surface area contributed by atoms with Gasteiger partial charge in [0, 0.05) is 6.92 Å². The number of carbonyl (C=O) groups excluding carboxylic acids is 2. The Hall–Kier alpha value is -3.77. The fourth-order valence-electron chi connectivity index (χ4n) is 2.79. The number of ether oxygens (including phenoxy) is 3. The third kappa shape index (κ3) is 9.55. The van der Waals surface area contributed by atoms with Crippen molar-refractivity contribution in [3.8, 4) is 5.75 Å². The molecule has 1 amide bonds. The van der Waals surface area contributed by atoms with Crippen LogP contribution in [0.2, 0.25) is 0 Å². The quantitative estimate of drug-likeness (QED) is 0.149. The van der Waals surface area contributed by atoms with Crippen LogP contribution in [-0.2, 0) is 14.3 Å². The number of hydrogen-bond donors (Lipinski definition) is 4. The standard InChI is InChI=1S/C23H33N7O5/c1-14(2)33-23(32)35-15(3)34-19-10-5-4-9-17(19)29-30-18-11-12-20(27-21(18)26)28-22(31)16(25)8-6-7-13-24/h4-5,9-12,14-16H,6-8,13,24-25H2,1-3H3,(H3,26,27,28,31)/b30-29+/t15?,16-/m0/s1. The summed E-state index contributed by atoms with van der Waals surface area (Å²) < 4.78 is 15.6. The van der Waals surface area contributed by atoms with Crippen LogP contribution in [0.3, 0.4) is 0 Å². The van der Waals surface area contributed by atoms with E-state index in [1.807, 2.05) is 0 Å². The van der Waals surface area contributed by atoms with Gasteiger partial charge in [-0.3, -0.25) is 4.79 Å². The highest BCUT2D eigenvalue weighted by Gasteiger charge is 2.16. The molecule has 35 heavy (non-hydrogen) atoms. The van der Waals surface area contributed by atoms with Gasteiger partial charge in [-0.2, -0.15) is 0 Å². The van der Waals surface area contributed by atoms with E-state index in [0.29, 0.717) is 24.4 Å². The molecule has 1 heterocycles. The maximum Gasteiger partial charge on any atom is 0.511 e. The molecule has 2 atom stereocenters. The average Bonchev–Trinajstić information content (AvgIpc) is 2.78. The Morgan fingerprint density at radius 2 is 1.74 bits per heavy atom. The molecule has 0 aliphatic carbocycles. The van der Waals surface area contributed by atoms with Crippen LogP contribution >= 0.6 is 0 Å². The largest absolute Gasteiger partial charge is 0.511 e. The molecule has 0 aliphatic rings. The number of nitrogens with one attached hydrogen (secondary N) is 1. The maximum absolute atomic E-state index is 12.2. The molecule has 0 radical (unpaired) electrons. The molecule has 1 unspecified atom stereocenters. The first-order valence-electron chi connectivity index (χ1n) is 11.3. The third-order valence-electron chi connectivity index (χ3n) is 4.48. The summed E-state index contributed by atoms with van der Waals surface area (Å²) in [5.74, 6) is 0.293. The number of nitrogens with two attached hydrogens (primary N) is 3. The lowest BCUT2D eigenvalue weighted by Crippen LogP contribution is -2.35. The molecule has 0 spiro atoms. The minimum absolute atomic E-state index is 0.0646. The van der Waals surface area contributed by atoms with Crippen molar-refractivity contribution in [2.24, 2.45) is 21.7 Å². The number of nitrogens with zero attached hydrogens (tertiary/aromatic N) is 3. The van der Waals surface area contributed by atoms with Gasteiger partial charge in [-0.05, 0) is 57.5 Å². The van der Waals surface area contributed by atoms with E-state index in [9.17, 15) is 9.59 Å². The highest BCUT2D eigenvalue weighted by molar-refractivity contribution is 5.94. The predicted molar refractivity (Wildman–Crippen MR) is 132 cm³/mol. The molecule has 2 rings (SSSR count). The number of rotatable bonds is 12. The molecule has 1 aromatic heterocycles. The van der Waals surface area contributed by atoms with Crippen molar-refractivity contribution in [1.82, 2.24) is 4.98 Å². The lowest BCUT2D eigenvalue weighted by molar-refractivity contribution is -0.117. The van der Waals surface area contributed by atoms with Gasteiger partial charge in [0.15, 0.2) is 11.6 Å². The third-order valence-corrected chi connectivity index (χ3v) is 4.48. The van der Waals surface area contributed by atoms with Crippen LogP contribution in [0.5, 0.6) is 5.75 Å². The minimum Gasteiger partial charge on any atom is -0.453 e. The zero-order valence-corrected chi connectivity index (χ0v) is 20.1. The van der Waals surface area contributed by atoms with E-state index in [2.05, 4.69) is 20.5 Å². The van der Waals surface area contributed by atoms with Crippen LogP contribution in [0.15, 0.2) is 46.6 Å². The number of anilines is 2. The van der Waals surface area contributed by atoms with Crippen LogP contribution in [0.1, 0.15) is 40.0 Å². The summed E-state index contributed by atoms with van der Waals surface area (Å²) in [5.41, 5.74) is 18.0. The van der Waals surface area contributed by atoms with Gasteiger partial charge < -0.3 is 36.7 Å². The van der Waals surface area contributed by atoms with Crippen LogP contribution in [0.4, 0.5) is 27.8 Å². The van der Waals surface area contributed by atoms with Gasteiger partial charge in [-0.1, -0.05) is 18.6 Å². The Morgan fingerprint density at radius 1 is 1.03 bits per heavy atom. The van der Waals surface area contributed by atoms with Gasteiger partial charge in [0.2, 0.25) is 12.2 Å². The fourth-order valence-corrected chi connectivity index (χ4v) is 2.79. The Balaban J connectivity index is 2.03. The van der Waals surface area contributed by atoms with Crippen LogP contribution < -0.4 is 27.3 Å². The SMILES string of the molecule is CC(C)OC(=O)OC(C)Oc1ccccc1/N=N/c1ccc(NC(=O)[C@@H](N)CCCCN)nc1N. The second-order valence-corrected chi connectivity index (χ2v) is 7.87. The predicted octanol–water partition coefficient (Wildman–Crippen LogP) is 3.76. The lowest BCUT2D eigenvalue weighted by atomic mass is 10.1. The van der Waals surface area contributed by atoms with E-state index in [-0.39, 0.29) is 29.3 Å². The molecule has 0 saturated carbocycles. The van der Waals surface area contributed by atoms with Crippen molar-refractivity contribution in [2.75, 3.05) is 17.6 Å². The highest BCUT2D eigenvalue weighted by Crippen LogP contribution is 2.31. The average molecular weight is 488 g/mol. The van der Waals surface area contributed by atoms with Crippen molar-refractivity contribution in [1.29, 1.82) is 0 Å².